The Labute approximate surface area is 132 Å². The highest BCUT2D eigenvalue weighted by molar-refractivity contribution is 7.09. The monoisotopic (exact) mass is 322 g/mol. The number of aromatic nitrogens is 3. The molecule has 0 spiro atoms. The van der Waals surface area contributed by atoms with Crippen LogP contribution < -0.4 is 5.32 Å². The van der Waals surface area contributed by atoms with Crippen LogP contribution in [0.3, 0.4) is 0 Å². The highest BCUT2D eigenvalue weighted by Gasteiger charge is 2.23. The van der Waals surface area contributed by atoms with Gasteiger partial charge in [0, 0.05) is 17.9 Å². The zero-order valence-electron chi connectivity index (χ0n) is 12.4. The minimum atomic E-state index is -0.0914. The molecule has 1 unspecified atom stereocenters. The van der Waals surface area contributed by atoms with E-state index in [2.05, 4.69) is 20.4 Å². The number of ether oxygens (including phenoxy) is 1. The van der Waals surface area contributed by atoms with Crippen LogP contribution in [0.15, 0.2) is 10.0 Å². The highest BCUT2D eigenvalue weighted by atomic mass is 32.1. The first-order chi connectivity index (χ1) is 10.7. The number of aryl methyl sites for hydroxylation is 2. The van der Waals surface area contributed by atoms with E-state index < -0.39 is 0 Å². The molecule has 0 aromatic carbocycles. The molecule has 2 aromatic rings. The van der Waals surface area contributed by atoms with Gasteiger partial charge in [0.15, 0.2) is 5.82 Å². The second-order valence-corrected chi connectivity index (χ2v) is 6.13. The van der Waals surface area contributed by atoms with Crippen molar-refractivity contribution in [2.45, 2.75) is 45.3 Å². The Morgan fingerprint density at radius 1 is 1.55 bits per heavy atom. The lowest BCUT2D eigenvalue weighted by molar-refractivity contribution is -0.121. The molecule has 3 rings (SSSR count). The van der Waals surface area contributed by atoms with Crippen molar-refractivity contribution >= 4 is 17.2 Å². The Balaban J connectivity index is 1.44. The van der Waals surface area contributed by atoms with Gasteiger partial charge in [-0.2, -0.15) is 4.98 Å². The standard InChI is InChI=1S/C14H18N4O3S/c1-9-11(22-8-16-9)4-5-13(19)15-7-12-17-14(21-18-12)10-3-2-6-20-10/h8,10H,2-7H2,1H3,(H,15,19). The predicted octanol–water partition coefficient (Wildman–Crippen LogP) is 1.94. The van der Waals surface area contributed by atoms with Gasteiger partial charge >= 0.3 is 0 Å². The molecule has 0 aliphatic carbocycles. The molecule has 1 fully saturated rings. The van der Waals surface area contributed by atoms with Gasteiger partial charge in [0.05, 0.1) is 17.7 Å². The number of hydrogen-bond donors (Lipinski definition) is 1. The molecule has 118 valence electrons. The van der Waals surface area contributed by atoms with Crippen LogP contribution in [0.1, 0.15) is 47.7 Å². The van der Waals surface area contributed by atoms with Gasteiger partial charge < -0.3 is 14.6 Å². The Morgan fingerprint density at radius 3 is 3.18 bits per heavy atom. The topological polar surface area (TPSA) is 90.1 Å². The first kappa shape index (κ1) is 15.1. The van der Waals surface area contributed by atoms with E-state index in [0.717, 1.165) is 30.0 Å². The van der Waals surface area contributed by atoms with E-state index in [1.807, 2.05) is 6.92 Å². The van der Waals surface area contributed by atoms with Gasteiger partial charge in [-0.15, -0.1) is 11.3 Å². The second-order valence-electron chi connectivity index (χ2n) is 5.19. The number of carbonyl (C=O) groups is 1. The van der Waals surface area contributed by atoms with Crippen molar-refractivity contribution in [3.63, 3.8) is 0 Å². The molecule has 1 aliphatic rings. The lowest BCUT2D eigenvalue weighted by atomic mass is 10.2. The quantitative estimate of drug-likeness (QED) is 0.874. The minimum absolute atomic E-state index is 0.0312. The molecule has 0 radical (unpaired) electrons. The smallest absolute Gasteiger partial charge is 0.255 e. The third-order valence-corrected chi connectivity index (χ3v) is 4.55. The van der Waals surface area contributed by atoms with E-state index in [4.69, 9.17) is 9.26 Å². The summed E-state index contributed by atoms with van der Waals surface area (Å²) in [6.07, 6.45) is 2.96. The molecule has 0 bridgehead atoms. The SMILES string of the molecule is Cc1ncsc1CCC(=O)NCc1noc(C2CCCO2)n1. The zero-order valence-corrected chi connectivity index (χ0v) is 13.2. The van der Waals surface area contributed by atoms with Crippen LogP contribution in [0.2, 0.25) is 0 Å². The van der Waals surface area contributed by atoms with Crippen LogP contribution in [0.25, 0.3) is 0 Å². The van der Waals surface area contributed by atoms with Crippen molar-refractivity contribution in [1.29, 1.82) is 0 Å². The summed E-state index contributed by atoms with van der Waals surface area (Å²) in [5.41, 5.74) is 2.80. The van der Waals surface area contributed by atoms with Gasteiger partial charge in [0.25, 0.3) is 5.89 Å². The lowest BCUT2D eigenvalue weighted by Gasteiger charge is -2.02. The fourth-order valence-electron chi connectivity index (χ4n) is 2.30. The summed E-state index contributed by atoms with van der Waals surface area (Å²) in [6.45, 7) is 2.96. The first-order valence-electron chi connectivity index (χ1n) is 7.32. The Kier molecular flexibility index (Phi) is 4.79. The van der Waals surface area contributed by atoms with Crippen LogP contribution in [0, 0.1) is 6.92 Å². The number of nitrogens with zero attached hydrogens (tertiary/aromatic N) is 3. The summed E-state index contributed by atoms with van der Waals surface area (Å²) in [4.78, 5) is 21.4. The summed E-state index contributed by atoms with van der Waals surface area (Å²) in [5, 5.41) is 6.67. The lowest BCUT2D eigenvalue weighted by Crippen LogP contribution is -2.23. The van der Waals surface area contributed by atoms with Crippen molar-refractivity contribution in [1.82, 2.24) is 20.4 Å². The minimum Gasteiger partial charge on any atom is -0.368 e. The molecule has 1 atom stereocenters. The number of hydrogen-bond acceptors (Lipinski definition) is 7. The third kappa shape index (κ3) is 3.69. The average Bonchev–Trinajstić information content (AvgIpc) is 3.24. The van der Waals surface area contributed by atoms with Crippen LogP contribution in [-0.4, -0.2) is 27.6 Å². The normalized spacial score (nSPS) is 17.8. The average molecular weight is 322 g/mol. The molecule has 22 heavy (non-hydrogen) atoms. The van der Waals surface area contributed by atoms with Crippen molar-refractivity contribution in [3.8, 4) is 0 Å². The van der Waals surface area contributed by atoms with E-state index >= 15 is 0 Å². The number of rotatable bonds is 6. The second kappa shape index (κ2) is 6.97. The third-order valence-electron chi connectivity index (χ3n) is 3.56. The van der Waals surface area contributed by atoms with Crippen molar-refractivity contribution < 1.29 is 14.1 Å². The highest BCUT2D eigenvalue weighted by Crippen LogP contribution is 2.26. The van der Waals surface area contributed by atoms with Crippen molar-refractivity contribution in [2.24, 2.45) is 0 Å². The molecule has 7 nitrogen and oxygen atoms in total. The Bertz CT molecular complexity index is 634. The van der Waals surface area contributed by atoms with E-state index in [1.54, 1.807) is 16.8 Å². The molecule has 8 heteroatoms. The van der Waals surface area contributed by atoms with Gasteiger partial charge in [0.2, 0.25) is 5.91 Å². The molecule has 3 heterocycles. The van der Waals surface area contributed by atoms with E-state index in [-0.39, 0.29) is 18.6 Å². The maximum Gasteiger partial charge on any atom is 0.255 e. The molecule has 1 saturated heterocycles. The fraction of sp³-hybridized carbons (Fsp3) is 0.571. The van der Waals surface area contributed by atoms with Gasteiger partial charge in [-0.1, -0.05) is 5.16 Å². The Hall–Kier alpha value is -1.80. The van der Waals surface area contributed by atoms with Crippen molar-refractivity contribution in [3.05, 3.63) is 27.8 Å². The zero-order chi connectivity index (χ0) is 15.4. The predicted molar refractivity (Wildman–Crippen MR) is 79.2 cm³/mol. The fourth-order valence-corrected chi connectivity index (χ4v) is 3.08. The van der Waals surface area contributed by atoms with Crippen LogP contribution in [0.4, 0.5) is 0 Å². The summed E-state index contributed by atoms with van der Waals surface area (Å²) >= 11 is 1.58. The maximum absolute atomic E-state index is 11.8. The van der Waals surface area contributed by atoms with Crippen molar-refractivity contribution in [2.75, 3.05) is 6.61 Å². The van der Waals surface area contributed by atoms with E-state index in [9.17, 15) is 4.79 Å². The number of carbonyl (C=O) groups excluding carboxylic acids is 1. The van der Waals surface area contributed by atoms with Crippen LogP contribution in [0.5, 0.6) is 0 Å². The number of thiazole rings is 1. The molecular formula is C14H18N4O3S. The van der Waals surface area contributed by atoms with Crippen LogP contribution in [-0.2, 0) is 22.5 Å². The first-order valence-corrected chi connectivity index (χ1v) is 8.20. The maximum atomic E-state index is 11.8. The summed E-state index contributed by atoms with van der Waals surface area (Å²) in [5.74, 6) is 0.950. The molecular weight excluding hydrogens is 304 g/mol. The summed E-state index contributed by atoms with van der Waals surface area (Å²) in [6, 6.07) is 0. The van der Waals surface area contributed by atoms with Crippen LogP contribution >= 0.6 is 11.3 Å². The van der Waals surface area contributed by atoms with Gasteiger partial charge in [0.1, 0.15) is 6.10 Å². The van der Waals surface area contributed by atoms with Gasteiger partial charge in [-0.25, -0.2) is 4.98 Å². The number of nitrogens with one attached hydrogen (secondary N) is 1. The van der Waals surface area contributed by atoms with E-state index in [1.165, 1.54) is 0 Å². The summed E-state index contributed by atoms with van der Waals surface area (Å²) < 4.78 is 10.7. The summed E-state index contributed by atoms with van der Waals surface area (Å²) in [7, 11) is 0. The molecule has 2 aromatic heterocycles. The molecule has 1 N–H and O–H groups in total. The number of amides is 1. The largest absolute Gasteiger partial charge is 0.368 e. The molecule has 1 amide bonds. The molecule has 1 aliphatic heterocycles. The van der Waals surface area contributed by atoms with Gasteiger partial charge in [-0.3, -0.25) is 4.79 Å². The van der Waals surface area contributed by atoms with E-state index in [0.29, 0.717) is 24.6 Å². The Morgan fingerprint density at radius 2 is 2.45 bits per heavy atom. The van der Waals surface area contributed by atoms with Gasteiger partial charge in [-0.05, 0) is 26.2 Å². The molecule has 0 saturated carbocycles.